The molecular formula is C17H19F3N2O3. The molecule has 8 heteroatoms. The highest BCUT2D eigenvalue weighted by atomic mass is 19.4. The van der Waals surface area contributed by atoms with Gasteiger partial charge in [-0.1, -0.05) is 24.6 Å². The lowest BCUT2D eigenvalue weighted by molar-refractivity contribution is -0.317. The van der Waals surface area contributed by atoms with Gasteiger partial charge in [0, 0.05) is 12.1 Å². The van der Waals surface area contributed by atoms with Crippen LogP contribution in [-0.2, 0) is 11.2 Å². The molecule has 1 amide bonds. The van der Waals surface area contributed by atoms with E-state index in [1.54, 1.807) is 18.2 Å². The number of hydrogen-bond donors (Lipinski definition) is 2. The molecule has 3 rings (SSSR count). The largest absolute Gasteiger partial charge is 0.508 e. The average Bonchev–Trinajstić information content (AvgIpc) is 2.88. The van der Waals surface area contributed by atoms with E-state index in [0.717, 1.165) is 0 Å². The number of carbonyl (C=O) groups is 1. The van der Waals surface area contributed by atoms with Crippen LogP contribution in [-0.4, -0.2) is 38.7 Å². The van der Waals surface area contributed by atoms with Crippen molar-refractivity contribution in [1.82, 2.24) is 5.01 Å². The molecule has 0 bridgehead atoms. The molecule has 1 aromatic carbocycles. The highest BCUT2D eigenvalue weighted by Crippen LogP contribution is 2.48. The number of hydrazone groups is 1. The summed E-state index contributed by atoms with van der Waals surface area (Å²) in [6, 6.07) is 6.31. The van der Waals surface area contributed by atoms with Gasteiger partial charge in [0.1, 0.15) is 5.75 Å². The van der Waals surface area contributed by atoms with E-state index in [1.165, 1.54) is 6.07 Å². The minimum atomic E-state index is -5.00. The van der Waals surface area contributed by atoms with Crippen LogP contribution in [0.2, 0.25) is 0 Å². The Hall–Kier alpha value is -2.09. The summed E-state index contributed by atoms with van der Waals surface area (Å²) in [5, 5.41) is 24.2. The van der Waals surface area contributed by atoms with E-state index in [-0.39, 0.29) is 35.7 Å². The number of hydrogen-bond acceptors (Lipinski definition) is 4. The zero-order valence-corrected chi connectivity index (χ0v) is 13.5. The number of halogens is 3. The second-order valence-electron chi connectivity index (χ2n) is 6.45. The number of aryl methyl sites for hydroxylation is 1. The molecule has 2 N–H and O–H groups in total. The number of aromatic hydroxyl groups is 1. The Bertz CT molecular complexity index is 705. The molecule has 1 aliphatic carbocycles. The van der Waals surface area contributed by atoms with Crippen molar-refractivity contribution in [2.24, 2.45) is 11.0 Å². The van der Waals surface area contributed by atoms with E-state index in [1.807, 2.05) is 0 Å². The first-order chi connectivity index (χ1) is 11.7. The summed E-state index contributed by atoms with van der Waals surface area (Å²) < 4.78 is 40.8. The molecule has 0 spiro atoms. The fourth-order valence-electron chi connectivity index (χ4n) is 3.53. The predicted octanol–water partition coefficient (Wildman–Crippen LogP) is 2.96. The molecule has 2 atom stereocenters. The smallest absolute Gasteiger partial charge is 0.439 e. The molecule has 5 nitrogen and oxygen atoms in total. The molecule has 1 fully saturated rings. The van der Waals surface area contributed by atoms with Crippen molar-refractivity contribution in [2.75, 3.05) is 0 Å². The van der Waals surface area contributed by atoms with Crippen molar-refractivity contribution in [3.05, 3.63) is 29.8 Å². The third-order valence-electron chi connectivity index (χ3n) is 4.87. The van der Waals surface area contributed by atoms with Gasteiger partial charge in [0.2, 0.25) is 5.91 Å². The summed E-state index contributed by atoms with van der Waals surface area (Å²) in [6.07, 6.45) is -3.47. The van der Waals surface area contributed by atoms with E-state index in [9.17, 15) is 28.2 Å². The number of phenolic OH excluding ortho intramolecular Hbond substituents is 1. The lowest BCUT2D eigenvalue weighted by atomic mass is 9.80. The van der Waals surface area contributed by atoms with Gasteiger partial charge in [-0.25, -0.2) is 0 Å². The topological polar surface area (TPSA) is 73.1 Å². The van der Waals surface area contributed by atoms with Crippen molar-refractivity contribution in [3.63, 3.8) is 0 Å². The van der Waals surface area contributed by atoms with Crippen LogP contribution < -0.4 is 0 Å². The number of amides is 1. The fraction of sp³-hybridized carbons (Fsp3) is 0.529. The Labute approximate surface area is 142 Å². The van der Waals surface area contributed by atoms with E-state index in [4.69, 9.17) is 0 Å². The standard InChI is InChI=1S/C17H19F3N2O3/c18-17(19,20)16(25)12-6-2-3-7-13(12)21-22(16)15(24)10-9-11-5-1-4-8-14(11)23/h1,4-5,8,12,23,25H,2-3,6-7,9-10H2/t12-,16-/m1/s1. The molecule has 136 valence electrons. The normalized spacial score (nSPS) is 26.3. The number of nitrogens with zero attached hydrogens (tertiary/aromatic N) is 2. The Morgan fingerprint density at radius 1 is 1.32 bits per heavy atom. The fourth-order valence-corrected chi connectivity index (χ4v) is 3.53. The van der Waals surface area contributed by atoms with Crippen LogP contribution in [0, 0.1) is 5.92 Å². The van der Waals surface area contributed by atoms with Crippen LogP contribution in [0.5, 0.6) is 5.75 Å². The molecule has 0 unspecified atom stereocenters. The Kier molecular flexibility index (Phi) is 4.49. The van der Waals surface area contributed by atoms with Gasteiger partial charge in [-0.2, -0.15) is 23.3 Å². The highest BCUT2D eigenvalue weighted by Gasteiger charge is 2.68. The predicted molar refractivity (Wildman–Crippen MR) is 83.7 cm³/mol. The molecule has 2 aliphatic rings. The zero-order valence-electron chi connectivity index (χ0n) is 13.5. The summed E-state index contributed by atoms with van der Waals surface area (Å²) in [6.45, 7) is 0. The lowest BCUT2D eigenvalue weighted by Crippen LogP contribution is -2.61. The quantitative estimate of drug-likeness (QED) is 0.875. The SMILES string of the molecule is O=C(CCc1ccccc1O)N1N=C2CCCC[C@H]2[C@@]1(O)C(F)(F)F. The first-order valence-electron chi connectivity index (χ1n) is 8.21. The van der Waals surface area contributed by atoms with E-state index >= 15 is 0 Å². The molecule has 1 saturated carbocycles. The zero-order chi connectivity index (χ0) is 18.2. The number of benzene rings is 1. The second kappa shape index (κ2) is 6.33. The third-order valence-corrected chi connectivity index (χ3v) is 4.87. The molecule has 0 aromatic heterocycles. The van der Waals surface area contributed by atoms with Gasteiger partial charge >= 0.3 is 6.18 Å². The summed E-state index contributed by atoms with van der Waals surface area (Å²) in [4.78, 5) is 12.4. The third kappa shape index (κ3) is 2.99. The molecule has 0 radical (unpaired) electrons. The molecule has 25 heavy (non-hydrogen) atoms. The second-order valence-corrected chi connectivity index (χ2v) is 6.45. The lowest BCUT2D eigenvalue weighted by Gasteiger charge is -2.38. The number of phenols is 1. The van der Waals surface area contributed by atoms with Crippen LogP contribution >= 0.6 is 0 Å². The van der Waals surface area contributed by atoms with Crippen molar-refractivity contribution >= 4 is 11.6 Å². The van der Waals surface area contributed by atoms with Gasteiger partial charge < -0.3 is 10.2 Å². The van der Waals surface area contributed by atoms with Crippen molar-refractivity contribution in [1.29, 1.82) is 0 Å². The first kappa shape index (κ1) is 17.7. The average molecular weight is 356 g/mol. The molecular weight excluding hydrogens is 337 g/mol. The van der Waals surface area contributed by atoms with E-state index in [0.29, 0.717) is 24.8 Å². The maximum Gasteiger partial charge on any atom is 0.439 e. The Balaban J connectivity index is 1.82. The highest BCUT2D eigenvalue weighted by molar-refractivity contribution is 5.93. The van der Waals surface area contributed by atoms with Gasteiger partial charge in [-0.15, -0.1) is 0 Å². The van der Waals surface area contributed by atoms with E-state index < -0.39 is 23.7 Å². The van der Waals surface area contributed by atoms with Crippen LogP contribution in [0.1, 0.15) is 37.7 Å². The minimum absolute atomic E-state index is 0.0252. The van der Waals surface area contributed by atoms with Crippen molar-refractivity contribution < 1.29 is 28.2 Å². The van der Waals surface area contributed by atoms with Crippen molar-refractivity contribution in [2.45, 2.75) is 50.4 Å². The number of fused-ring (bicyclic) bond motifs is 1. The van der Waals surface area contributed by atoms with Crippen LogP contribution in [0.25, 0.3) is 0 Å². The van der Waals surface area contributed by atoms with Gasteiger partial charge in [-0.3, -0.25) is 4.79 Å². The van der Waals surface area contributed by atoms with Gasteiger partial charge in [-0.05, 0) is 37.3 Å². The monoisotopic (exact) mass is 356 g/mol. The summed E-state index contributed by atoms with van der Waals surface area (Å²) in [5.74, 6) is -2.14. The van der Waals surface area contributed by atoms with Crippen LogP contribution in [0.15, 0.2) is 29.4 Å². The molecule has 1 aliphatic heterocycles. The number of alkyl halides is 3. The summed E-state index contributed by atoms with van der Waals surface area (Å²) in [7, 11) is 0. The van der Waals surface area contributed by atoms with Crippen LogP contribution in [0.3, 0.4) is 0 Å². The number of carbonyl (C=O) groups excluding carboxylic acids is 1. The number of para-hydroxylation sites is 1. The van der Waals surface area contributed by atoms with Crippen molar-refractivity contribution in [3.8, 4) is 5.75 Å². The van der Waals surface area contributed by atoms with Gasteiger partial charge in [0.15, 0.2) is 0 Å². The van der Waals surface area contributed by atoms with Gasteiger partial charge in [0.25, 0.3) is 5.72 Å². The maximum absolute atomic E-state index is 13.6. The summed E-state index contributed by atoms with van der Waals surface area (Å²) in [5.41, 5.74) is -2.59. The Morgan fingerprint density at radius 3 is 2.72 bits per heavy atom. The van der Waals surface area contributed by atoms with Crippen LogP contribution in [0.4, 0.5) is 13.2 Å². The molecule has 1 heterocycles. The van der Waals surface area contributed by atoms with E-state index in [2.05, 4.69) is 5.10 Å². The number of rotatable bonds is 3. The number of aliphatic hydroxyl groups is 1. The minimum Gasteiger partial charge on any atom is -0.508 e. The molecule has 0 saturated heterocycles. The first-order valence-corrected chi connectivity index (χ1v) is 8.21. The maximum atomic E-state index is 13.6. The summed E-state index contributed by atoms with van der Waals surface area (Å²) >= 11 is 0. The van der Waals surface area contributed by atoms with Gasteiger partial charge in [0.05, 0.1) is 5.92 Å². The Morgan fingerprint density at radius 2 is 2.04 bits per heavy atom. The molecule has 1 aromatic rings.